The standard InChI is InChI=1S/C12H12N4O/c1-7-14-10-11(16(7)6-17)8-4-2-3-5-9(8)15-12(10)13/h2-5,17H,6H2,1H3,(H2,13,15). The summed E-state index contributed by atoms with van der Waals surface area (Å²) in [5, 5.41) is 10.4. The van der Waals surface area contributed by atoms with E-state index in [4.69, 9.17) is 5.73 Å². The van der Waals surface area contributed by atoms with Crippen molar-refractivity contribution < 1.29 is 5.11 Å². The van der Waals surface area contributed by atoms with Crippen molar-refractivity contribution in [2.24, 2.45) is 0 Å². The highest BCUT2D eigenvalue weighted by atomic mass is 16.3. The molecule has 5 nitrogen and oxygen atoms in total. The van der Waals surface area contributed by atoms with Gasteiger partial charge in [0, 0.05) is 5.39 Å². The SMILES string of the molecule is Cc1nc2c(N)nc3ccccc3c2n1CO. The Kier molecular flexibility index (Phi) is 2.02. The van der Waals surface area contributed by atoms with Gasteiger partial charge >= 0.3 is 0 Å². The third kappa shape index (κ3) is 1.29. The predicted octanol–water partition coefficient (Wildman–Crippen LogP) is 1.42. The number of rotatable bonds is 1. The van der Waals surface area contributed by atoms with Crippen LogP contribution in [0.15, 0.2) is 24.3 Å². The number of anilines is 1. The van der Waals surface area contributed by atoms with Crippen LogP contribution in [0, 0.1) is 6.92 Å². The van der Waals surface area contributed by atoms with Gasteiger partial charge in [-0.05, 0) is 13.0 Å². The summed E-state index contributed by atoms with van der Waals surface area (Å²) in [4.78, 5) is 8.66. The molecule has 0 bridgehead atoms. The minimum atomic E-state index is -0.115. The number of hydrogen-bond donors (Lipinski definition) is 2. The monoisotopic (exact) mass is 228 g/mol. The Hall–Kier alpha value is -2.14. The van der Waals surface area contributed by atoms with E-state index < -0.39 is 0 Å². The highest BCUT2D eigenvalue weighted by Crippen LogP contribution is 2.27. The van der Waals surface area contributed by atoms with Crippen LogP contribution in [-0.2, 0) is 6.73 Å². The van der Waals surface area contributed by atoms with Crippen LogP contribution in [0.3, 0.4) is 0 Å². The topological polar surface area (TPSA) is 77.0 Å². The fraction of sp³-hybridized carbons (Fsp3) is 0.167. The summed E-state index contributed by atoms with van der Waals surface area (Å²) in [6.07, 6.45) is 0. The molecule has 5 heteroatoms. The molecule has 0 atom stereocenters. The van der Waals surface area contributed by atoms with E-state index in [1.54, 1.807) is 4.57 Å². The number of hydrogen-bond acceptors (Lipinski definition) is 4. The van der Waals surface area contributed by atoms with Crippen LogP contribution in [0.1, 0.15) is 5.82 Å². The highest BCUT2D eigenvalue weighted by Gasteiger charge is 2.13. The number of para-hydroxylation sites is 1. The van der Waals surface area contributed by atoms with Crippen molar-refractivity contribution in [1.29, 1.82) is 0 Å². The molecule has 17 heavy (non-hydrogen) atoms. The number of pyridine rings is 1. The van der Waals surface area contributed by atoms with Crippen LogP contribution in [0.5, 0.6) is 0 Å². The Morgan fingerprint density at radius 2 is 2.06 bits per heavy atom. The van der Waals surface area contributed by atoms with Gasteiger partial charge in [0.1, 0.15) is 18.1 Å². The van der Waals surface area contributed by atoms with Gasteiger partial charge in [0.05, 0.1) is 11.0 Å². The second kappa shape index (κ2) is 3.43. The minimum Gasteiger partial charge on any atom is -0.382 e. The lowest BCUT2D eigenvalue weighted by molar-refractivity contribution is 0.212. The average Bonchev–Trinajstić information content (AvgIpc) is 2.67. The van der Waals surface area contributed by atoms with E-state index in [0.29, 0.717) is 11.3 Å². The highest BCUT2D eigenvalue weighted by molar-refractivity contribution is 6.06. The maximum absolute atomic E-state index is 9.42. The van der Waals surface area contributed by atoms with Crippen molar-refractivity contribution in [2.45, 2.75) is 13.7 Å². The fourth-order valence-electron chi connectivity index (χ4n) is 2.14. The molecule has 0 amide bonds. The van der Waals surface area contributed by atoms with Crippen molar-refractivity contribution in [3.63, 3.8) is 0 Å². The molecule has 86 valence electrons. The van der Waals surface area contributed by atoms with Crippen LogP contribution in [0.4, 0.5) is 5.82 Å². The fourth-order valence-corrected chi connectivity index (χ4v) is 2.14. The molecule has 2 heterocycles. The molecule has 0 saturated carbocycles. The summed E-state index contributed by atoms with van der Waals surface area (Å²) in [6, 6.07) is 7.70. The summed E-state index contributed by atoms with van der Waals surface area (Å²) >= 11 is 0. The number of aliphatic hydroxyl groups is 1. The molecule has 0 saturated heterocycles. The van der Waals surface area contributed by atoms with E-state index >= 15 is 0 Å². The van der Waals surface area contributed by atoms with Gasteiger partial charge in [-0.2, -0.15) is 0 Å². The van der Waals surface area contributed by atoms with E-state index in [0.717, 1.165) is 22.2 Å². The van der Waals surface area contributed by atoms with Gasteiger partial charge in [0.25, 0.3) is 0 Å². The number of aromatic nitrogens is 3. The van der Waals surface area contributed by atoms with Gasteiger partial charge in [-0.3, -0.25) is 0 Å². The predicted molar refractivity (Wildman–Crippen MR) is 66.4 cm³/mol. The largest absolute Gasteiger partial charge is 0.382 e. The quantitative estimate of drug-likeness (QED) is 0.660. The number of fused-ring (bicyclic) bond motifs is 3. The molecular formula is C12H12N4O. The van der Waals surface area contributed by atoms with Crippen LogP contribution in [0.25, 0.3) is 21.9 Å². The Morgan fingerprint density at radius 1 is 1.29 bits per heavy atom. The number of benzene rings is 1. The Labute approximate surface area is 97.5 Å². The molecule has 2 aromatic heterocycles. The van der Waals surface area contributed by atoms with E-state index in [2.05, 4.69) is 9.97 Å². The zero-order valence-corrected chi connectivity index (χ0v) is 9.38. The lowest BCUT2D eigenvalue weighted by atomic mass is 10.2. The molecule has 0 fully saturated rings. The third-order valence-corrected chi connectivity index (χ3v) is 2.94. The van der Waals surface area contributed by atoms with Crippen molar-refractivity contribution in [3.8, 4) is 0 Å². The Balaban J connectivity index is 2.62. The number of nitrogens with zero attached hydrogens (tertiary/aromatic N) is 3. The first kappa shape index (κ1) is 10.0. The number of nitrogen functional groups attached to an aromatic ring is 1. The van der Waals surface area contributed by atoms with E-state index in [9.17, 15) is 5.11 Å². The summed E-state index contributed by atoms with van der Waals surface area (Å²) in [7, 11) is 0. The number of aliphatic hydroxyl groups excluding tert-OH is 1. The molecule has 1 aromatic carbocycles. The molecular weight excluding hydrogens is 216 g/mol. The van der Waals surface area contributed by atoms with Crippen LogP contribution >= 0.6 is 0 Å². The normalized spacial score (nSPS) is 11.4. The third-order valence-electron chi connectivity index (χ3n) is 2.94. The second-order valence-electron chi connectivity index (χ2n) is 3.94. The van der Waals surface area contributed by atoms with Gasteiger partial charge in [0.2, 0.25) is 0 Å². The van der Waals surface area contributed by atoms with Crippen LogP contribution in [-0.4, -0.2) is 19.6 Å². The molecule has 3 N–H and O–H groups in total. The summed E-state index contributed by atoms with van der Waals surface area (Å²) in [5.41, 5.74) is 8.19. The van der Waals surface area contributed by atoms with Crippen molar-refractivity contribution in [1.82, 2.24) is 14.5 Å². The molecule has 0 spiro atoms. The second-order valence-corrected chi connectivity index (χ2v) is 3.94. The van der Waals surface area contributed by atoms with Gasteiger partial charge in [-0.15, -0.1) is 0 Å². The Morgan fingerprint density at radius 3 is 2.82 bits per heavy atom. The summed E-state index contributed by atoms with van der Waals surface area (Å²) < 4.78 is 1.73. The van der Waals surface area contributed by atoms with Crippen molar-refractivity contribution >= 4 is 27.8 Å². The first-order chi connectivity index (χ1) is 8.22. The summed E-state index contributed by atoms with van der Waals surface area (Å²) in [5.74, 6) is 1.13. The summed E-state index contributed by atoms with van der Waals surface area (Å²) in [6.45, 7) is 1.72. The molecule has 0 radical (unpaired) electrons. The Bertz CT molecular complexity index is 717. The molecule has 3 aromatic rings. The number of aryl methyl sites for hydroxylation is 1. The van der Waals surface area contributed by atoms with Crippen LogP contribution < -0.4 is 5.73 Å². The first-order valence-corrected chi connectivity index (χ1v) is 5.34. The maximum Gasteiger partial charge on any atom is 0.152 e. The van der Waals surface area contributed by atoms with E-state index in [1.807, 2.05) is 31.2 Å². The lowest BCUT2D eigenvalue weighted by Crippen LogP contribution is -2.00. The van der Waals surface area contributed by atoms with Crippen LogP contribution in [0.2, 0.25) is 0 Å². The maximum atomic E-state index is 9.42. The van der Waals surface area contributed by atoms with Crippen molar-refractivity contribution in [2.75, 3.05) is 5.73 Å². The molecule has 0 aliphatic carbocycles. The van der Waals surface area contributed by atoms with Gasteiger partial charge in [0.15, 0.2) is 5.82 Å². The minimum absolute atomic E-state index is 0.115. The molecule has 3 rings (SSSR count). The van der Waals surface area contributed by atoms with Crippen molar-refractivity contribution in [3.05, 3.63) is 30.1 Å². The van der Waals surface area contributed by atoms with E-state index in [1.165, 1.54) is 0 Å². The molecule has 0 aliphatic heterocycles. The molecule has 0 aliphatic rings. The number of imidazole rings is 1. The smallest absolute Gasteiger partial charge is 0.152 e. The zero-order valence-electron chi connectivity index (χ0n) is 9.38. The first-order valence-electron chi connectivity index (χ1n) is 5.34. The van der Waals surface area contributed by atoms with Gasteiger partial charge in [-0.1, -0.05) is 18.2 Å². The van der Waals surface area contributed by atoms with E-state index in [-0.39, 0.29) is 6.73 Å². The zero-order chi connectivity index (χ0) is 12.0. The van der Waals surface area contributed by atoms with Gasteiger partial charge < -0.3 is 15.4 Å². The number of nitrogens with two attached hydrogens (primary N) is 1. The average molecular weight is 228 g/mol. The molecule has 0 unspecified atom stereocenters. The lowest BCUT2D eigenvalue weighted by Gasteiger charge is -2.05. The van der Waals surface area contributed by atoms with Gasteiger partial charge in [-0.25, -0.2) is 9.97 Å².